The molecule has 2 aromatic carbocycles. The van der Waals surface area contributed by atoms with Gasteiger partial charge in [0, 0.05) is 6.08 Å². The van der Waals surface area contributed by atoms with Gasteiger partial charge in [-0.2, -0.15) is 0 Å². The summed E-state index contributed by atoms with van der Waals surface area (Å²) >= 11 is 17.6. The normalized spacial score (nSPS) is 10.9. The topological polar surface area (TPSA) is 29.1 Å². The van der Waals surface area contributed by atoms with Gasteiger partial charge in [-0.15, -0.1) is 0 Å². The van der Waals surface area contributed by atoms with Gasteiger partial charge in [-0.05, 0) is 35.9 Å². The van der Waals surface area contributed by atoms with Gasteiger partial charge in [-0.3, -0.25) is 4.79 Å². The average Bonchev–Trinajstić information content (AvgIpc) is 2.44. The van der Waals surface area contributed by atoms with E-state index in [1.807, 2.05) is 0 Å². The number of carbonyl (C=O) groups is 1. The highest BCUT2D eigenvalue weighted by molar-refractivity contribution is 6.44. The van der Waals surface area contributed by atoms with Gasteiger partial charge in [0.05, 0.1) is 20.8 Å². The first-order valence-corrected chi connectivity index (χ1v) is 6.98. The highest BCUT2D eigenvalue weighted by Gasteiger charge is 2.07. The first-order chi connectivity index (χ1) is 9.95. The lowest BCUT2D eigenvalue weighted by atomic mass is 10.2. The molecule has 2 aromatic rings. The van der Waals surface area contributed by atoms with Crippen LogP contribution in [0.15, 0.2) is 42.5 Å². The van der Waals surface area contributed by atoms with E-state index in [2.05, 4.69) is 5.32 Å². The molecule has 0 fully saturated rings. The first-order valence-electron chi connectivity index (χ1n) is 5.85. The Morgan fingerprint density at radius 2 is 1.62 bits per heavy atom. The Morgan fingerprint density at radius 1 is 1.00 bits per heavy atom. The minimum atomic E-state index is -0.389. The number of hydrogen-bond acceptors (Lipinski definition) is 1. The molecule has 108 valence electrons. The number of amides is 1. The van der Waals surface area contributed by atoms with Gasteiger partial charge in [-0.25, -0.2) is 4.39 Å². The molecule has 0 bridgehead atoms. The summed E-state index contributed by atoms with van der Waals surface area (Å²) in [6, 6.07) is 8.66. The molecule has 0 atom stereocenters. The maximum atomic E-state index is 12.7. The molecule has 0 aromatic heterocycles. The molecule has 0 unspecified atom stereocenters. The van der Waals surface area contributed by atoms with Gasteiger partial charge < -0.3 is 5.32 Å². The van der Waals surface area contributed by atoms with E-state index in [1.165, 1.54) is 30.3 Å². The molecule has 0 aliphatic carbocycles. The molecule has 0 radical (unpaired) electrons. The lowest BCUT2D eigenvalue weighted by Crippen LogP contribution is -2.08. The fraction of sp³-hybridized carbons (Fsp3) is 0. The van der Waals surface area contributed by atoms with Crippen LogP contribution in [0.3, 0.4) is 0 Å². The van der Waals surface area contributed by atoms with E-state index in [4.69, 9.17) is 34.8 Å². The van der Waals surface area contributed by atoms with Crippen LogP contribution in [-0.4, -0.2) is 5.91 Å². The summed E-state index contributed by atoms with van der Waals surface area (Å²) in [6.07, 6.45) is 2.87. The third kappa shape index (κ3) is 4.46. The van der Waals surface area contributed by atoms with Crippen molar-refractivity contribution in [3.63, 3.8) is 0 Å². The van der Waals surface area contributed by atoms with Gasteiger partial charge in [0.1, 0.15) is 5.82 Å². The minimum absolute atomic E-state index is 0.285. The third-order valence-corrected chi connectivity index (χ3v) is 3.60. The lowest BCUT2D eigenvalue weighted by molar-refractivity contribution is -0.111. The molecule has 0 heterocycles. The van der Waals surface area contributed by atoms with E-state index in [9.17, 15) is 9.18 Å². The van der Waals surface area contributed by atoms with E-state index >= 15 is 0 Å². The quantitative estimate of drug-likeness (QED) is 0.583. The second-order valence-electron chi connectivity index (χ2n) is 4.12. The molecule has 6 heteroatoms. The fourth-order valence-electron chi connectivity index (χ4n) is 1.54. The standard InChI is InChI=1S/C15H9Cl3FNO/c16-11-7-13(18)14(8-12(11)17)20-15(21)6-3-9-1-4-10(19)5-2-9/h1-8H,(H,20,21). The molecule has 0 aliphatic heterocycles. The van der Waals surface area contributed by atoms with Crippen molar-refractivity contribution in [1.82, 2.24) is 0 Å². The van der Waals surface area contributed by atoms with Gasteiger partial charge >= 0.3 is 0 Å². The Bertz CT molecular complexity index is 699. The Hall–Kier alpha value is -1.55. The molecule has 0 spiro atoms. The number of halogens is 4. The molecular formula is C15H9Cl3FNO. The number of anilines is 1. The van der Waals surface area contributed by atoms with Crippen LogP contribution in [0.1, 0.15) is 5.56 Å². The average molecular weight is 345 g/mol. The van der Waals surface area contributed by atoms with Crippen molar-refractivity contribution in [2.75, 3.05) is 5.32 Å². The van der Waals surface area contributed by atoms with E-state index in [1.54, 1.807) is 18.2 Å². The summed E-state index contributed by atoms with van der Waals surface area (Å²) in [5.74, 6) is -0.723. The van der Waals surface area contributed by atoms with Crippen LogP contribution in [0.2, 0.25) is 15.1 Å². The summed E-state index contributed by atoms with van der Waals surface area (Å²) in [5.41, 5.74) is 1.06. The number of rotatable bonds is 3. The maximum Gasteiger partial charge on any atom is 0.248 e. The van der Waals surface area contributed by atoms with E-state index in [0.29, 0.717) is 21.3 Å². The summed E-state index contributed by atoms with van der Waals surface area (Å²) in [5, 5.41) is 3.47. The van der Waals surface area contributed by atoms with Crippen LogP contribution in [0.5, 0.6) is 0 Å². The molecule has 0 saturated carbocycles. The number of nitrogens with one attached hydrogen (secondary N) is 1. The molecular weight excluding hydrogens is 336 g/mol. The predicted molar refractivity (Wildman–Crippen MR) is 85.5 cm³/mol. The van der Waals surface area contributed by atoms with Crippen molar-refractivity contribution in [2.45, 2.75) is 0 Å². The summed E-state index contributed by atoms with van der Waals surface area (Å²) in [6.45, 7) is 0. The van der Waals surface area contributed by atoms with Gasteiger partial charge in [0.25, 0.3) is 0 Å². The largest absolute Gasteiger partial charge is 0.321 e. The molecule has 1 N–H and O–H groups in total. The van der Waals surface area contributed by atoms with Crippen molar-refractivity contribution in [2.24, 2.45) is 0 Å². The third-order valence-electron chi connectivity index (χ3n) is 2.56. The second-order valence-corrected chi connectivity index (χ2v) is 5.34. The predicted octanol–water partition coefficient (Wildman–Crippen LogP) is 5.44. The zero-order chi connectivity index (χ0) is 15.4. The van der Waals surface area contributed by atoms with Crippen LogP contribution in [0.25, 0.3) is 6.08 Å². The second kappa shape index (κ2) is 6.94. The van der Waals surface area contributed by atoms with Crippen LogP contribution in [-0.2, 0) is 4.79 Å². The zero-order valence-electron chi connectivity index (χ0n) is 10.5. The summed E-state index contributed by atoms with van der Waals surface area (Å²) in [7, 11) is 0. The van der Waals surface area contributed by atoms with Crippen molar-refractivity contribution in [3.8, 4) is 0 Å². The molecule has 0 saturated heterocycles. The van der Waals surface area contributed by atoms with Crippen molar-refractivity contribution in [3.05, 3.63) is 68.9 Å². The van der Waals surface area contributed by atoms with E-state index in [-0.39, 0.29) is 16.7 Å². The van der Waals surface area contributed by atoms with Crippen molar-refractivity contribution >= 4 is 52.5 Å². The summed E-state index contributed by atoms with van der Waals surface area (Å²) < 4.78 is 12.7. The molecule has 2 rings (SSSR count). The Kier molecular flexibility index (Phi) is 5.23. The summed E-state index contributed by atoms with van der Waals surface area (Å²) in [4.78, 5) is 11.8. The van der Waals surface area contributed by atoms with Crippen LogP contribution in [0.4, 0.5) is 10.1 Å². The van der Waals surface area contributed by atoms with Gasteiger partial charge in [-0.1, -0.05) is 46.9 Å². The van der Waals surface area contributed by atoms with E-state index in [0.717, 1.165) is 0 Å². The van der Waals surface area contributed by atoms with Gasteiger partial charge in [0.2, 0.25) is 5.91 Å². The molecule has 2 nitrogen and oxygen atoms in total. The molecule has 1 amide bonds. The minimum Gasteiger partial charge on any atom is -0.321 e. The number of benzene rings is 2. The number of carbonyl (C=O) groups excluding carboxylic acids is 1. The number of hydrogen-bond donors (Lipinski definition) is 1. The SMILES string of the molecule is O=C(C=Cc1ccc(F)cc1)Nc1cc(Cl)c(Cl)cc1Cl. The Labute approximate surface area is 136 Å². The van der Waals surface area contributed by atoms with Crippen LogP contribution >= 0.6 is 34.8 Å². The van der Waals surface area contributed by atoms with Crippen molar-refractivity contribution < 1.29 is 9.18 Å². The van der Waals surface area contributed by atoms with Gasteiger partial charge in [0.15, 0.2) is 0 Å². The lowest BCUT2D eigenvalue weighted by Gasteiger charge is -2.06. The smallest absolute Gasteiger partial charge is 0.248 e. The van der Waals surface area contributed by atoms with Crippen LogP contribution in [0, 0.1) is 5.82 Å². The zero-order valence-corrected chi connectivity index (χ0v) is 12.8. The molecule has 0 aliphatic rings. The monoisotopic (exact) mass is 343 g/mol. The maximum absolute atomic E-state index is 12.7. The van der Waals surface area contributed by atoms with Crippen LogP contribution < -0.4 is 5.32 Å². The van der Waals surface area contributed by atoms with Crippen molar-refractivity contribution in [1.29, 1.82) is 0 Å². The molecule has 21 heavy (non-hydrogen) atoms. The Balaban J connectivity index is 2.08. The Morgan fingerprint density at radius 3 is 2.29 bits per heavy atom. The fourth-order valence-corrected chi connectivity index (χ4v) is 2.13. The highest BCUT2D eigenvalue weighted by atomic mass is 35.5. The first kappa shape index (κ1) is 15.8. The van der Waals surface area contributed by atoms with E-state index < -0.39 is 0 Å². The highest BCUT2D eigenvalue weighted by Crippen LogP contribution is 2.32.